The van der Waals surface area contributed by atoms with Gasteiger partial charge in [-0.1, -0.05) is 32.5 Å². The molecule has 0 amide bonds. The lowest BCUT2D eigenvalue weighted by molar-refractivity contribution is 0.369. The van der Waals surface area contributed by atoms with Crippen molar-refractivity contribution >= 4 is 11.8 Å². The van der Waals surface area contributed by atoms with Gasteiger partial charge in [-0.15, -0.1) is 5.10 Å². The summed E-state index contributed by atoms with van der Waals surface area (Å²) in [5.41, 5.74) is 0.418. The summed E-state index contributed by atoms with van der Waals surface area (Å²) in [6.45, 7) is 10.8. The van der Waals surface area contributed by atoms with E-state index in [1.165, 1.54) is 6.42 Å². The molecule has 0 fully saturated rings. The van der Waals surface area contributed by atoms with Gasteiger partial charge < -0.3 is 5.32 Å². The molecule has 0 aliphatic rings. The van der Waals surface area contributed by atoms with Gasteiger partial charge in [0.25, 0.3) is 0 Å². The first-order valence-electron chi connectivity index (χ1n) is 5.70. The minimum atomic E-state index is 0.418. The quantitative estimate of drug-likeness (QED) is 0.593. The molecule has 92 valence electrons. The van der Waals surface area contributed by atoms with Crippen molar-refractivity contribution in [1.29, 1.82) is 0 Å². The average Bonchev–Trinajstić information content (AvgIpc) is 2.56. The number of thioether (sulfide) groups is 1. The molecular formula is C11H22N4S. The Balaban J connectivity index is 2.00. The minimum absolute atomic E-state index is 0.418. The largest absolute Gasteiger partial charge is 0.316 e. The number of aromatic nitrogens is 3. The van der Waals surface area contributed by atoms with Crippen LogP contribution in [0, 0.1) is 12.3 Å². The van der Waals surface area contributed by atoms with Crippen LogP contribution in [-0.2, 0) is 0 Å². The maximum absolute atomic E-state index is 4.24. The number of hydrogen-bond donors (Lipinski definition) is 2. The van der Waals surface area contributed by atoms with Crippen molar-refractivity contribution in [3.8, 4) is 0 Å². The molecule has 0 saturated heterocycles. The van der Waals surface area contributed by atoms with Crippen LogP contribution >= 0.6 is 11.8 Å². The lowest BCUT2D eigenvalue weighted by Gasteiger charge is -2.17. The Kier molecular flexibility index (Phi) is 5.28. The van der Waals surface area contributed by atoms with Crippen molar-refractivity contribution in [2.45, 2.75) is 39.3 Å². The first-order chi connectivity index (χ1) is 7.47. The summed E-state index contributed by atoms with van der Waals surface area (Å²) in [7, 11) is 0. The molecule has 1 aromatic rings. The second-order valence-electron chi connectivity index (χ2n) is 5.11. The van der Waals surface area contributed by atoms with E-state index < -0.39 is 0 Å². The third kappa shape index (κ3) is 6.12. The summed E-state index contributed by atoms with van der Waals surface area (Å²) in [4.78, 5) is 4.24. The van der Waals surface area contributed by atoms with Crippen LogP contribution in [0.2, 0.25) is 0 Å². The number of nitrogens with one attached hydrogen (secondary N) is 2. The molecule has 0 saturated carbocycles. The van der Waals surface area contributed by atoms with Gasteiger partial charge in [-0.25, -0.2) is 4.98 Å². The maximum atomic E-state index is 4.24. The standard InChI is InChI=1S/C11H22N4S/c1-9-13-10(15-14-9)16-8-7-12-6-5-11(2,3)4/h12H,5-8H2,1-4H3,(H,13,14,15). The molecule has 1 aromatic heterocycles. The van der Waals surface area contributed by atoms with Gasteiger partial charge in [0.2, 0.25) is 5.16 Å². The number of hydrogen-bond acceptors (Lipinski definition) is 4. The summed E-state index contributed by atoms with van der Waals surface area (Å²) in [5.74, 6) is 1.89. The Hall–Kier alpha value is -0.550. The van der Waals surface area contributed by atoms with Gasteiger partial charge in [0.1, 0.15) is 5.82 Å². The number of rotatable bonds is 6. The van der Waals surface area contributed by atoms with Crippen molar-refractivity contribution < 1.29 is 0 Å². The average molecular weight is 242 g/mol. The van der Waals surface area contributed by atoms with Crippen LogP contribution in [0.15, 0.2) is 5.16 Å². The topological polar surface area (TPSA) is 53.6 Å². The molecule has 2 N–H and O–H groups in total. The third-order valence-electron chi connectivity index (χ3n) is 2.14. The van der Waals surface area contributed by atoms with Gasteiger partial charge >= 0.3 is 0 Å². The lowest BCUT2D eigenvalue weighted by Crippen LogP contribution is -2.22. The Labute approximate surface area is 102 Å². The second-order valence-corrected chi connectivity index (χ2v) is 6.17. The van der Waals surface area contributed by atoms with E-state index in [1.54, 1.807) is 11.8 Å². The molecule has 1 rings (SSSR count). The van der Waals surface area contributed by atoms with Crippen molar-refractivity contribution in [1.82, 2.24) is 20.5 Å². The fourth-order valence-electron chi connectivity index (χ4n) is 1.19. The fourth-order valence-corrected chi connectivity index (χ4v) is 1.93. The van der Waals surface area contributed by atoms with Crippen LogP contribution in [0.25, 0.3) is 0 Å². The zero-order valence-electron chi connectivity index (χ0n) is 10.6. The molecule has 0 atom stereocenters. The van der Waals surface area contributed by atoms with Crippen LogP contribution in [0.3, 0.4) is 0 Å². The van der Waals surface area contributed by atoms with Gasteiger partial charge in [0.15, 0.2) is 0 Å². The molecule has 0 aliphatic carbocycles. The molecule has 0 radical (unpaired) electrons. The first-order valence-corrected chi connectivity index (χ1v) is 6.68. The summed E-state index contributed by atoms with van der Waals surface area (Å²) in [6, 6.07) is 0. The molecule has 1 heterocycles. The van der Waals surface area contributed by atoms with Crippen molar-refractivity contribution in [2.75, 3.05) is 18.8 Å². The SMILES string of the molecule is Cc1nc(SCCNCCC(C)(C)C)n[nH]1. The van der Waals surface area contributed by atoms with Crippen LogP contribution in [0.1, 0.15) is 33.0 Å². The first kappa shape index (κ1) is 13.5. The Morgan fingerprint density at radius 3 is 2.62 bits per heavy atom. The van der Waals surface area contributed by atoms with E-state index in [9.17, 15) is 0 Å². The highest BCUT2D eigenvalue weighted by Gasteiger charge is 2.08. The van der Waals surface area contributed by atoms with Crippen LogP contribution in [-0.4, -0.2) is 34.0 Å². The smallest absolute Gasteiger partial charge is 0.208 e. The van der Waals surface area contributed by atoms with Crippen molar-refractivity contribution in [3.05, 3.63) is 5.82 Å². The molecule has 0 spiro atoms. The van der Waals surface area contributed by atoms with Gasteiger partial charge in [-0.05, 0) is 25.3 Å². The zero-order chi connectivity index (χ0) is 12.0. The number of H-pyrrole nitrogens is 1. The van der Waals surface area contributed by atoms with E-state index in [0.29, 0.717) is 5.41 Å². The lowest BCUT2D eigenvalue weighted by atomic mass is 9.92. The maximum Gasteiger partial charge on any atom is 0.208 e. The molecule has 0 unspecified atom stereocenters. The molecule has 0 aliphatic heterocycles. The van der Waals surface area contributed by atoms with Gasteiger partial charge in [-0.2, -0.15) is 0 Å². The molecule has 0 aromatic carbocycles. The highest BCUT2D eigenvalue weighted by Crippen LogP contribution is 2.17. The Bertz CT molecular complexity index is 303. The van der Waals surface area contributed by atoms with E-state index in [-0.39, 0.29) is 0 Å². The summed E-state index contributed by atoms with van der Waals surface area (Å²) < 4.78 is 0. The van der Waals surface area contributed by atoms with Gasteiger partial charge in [0.05, 0.1) is 0 Å². The molecule has 0 bridgehead atoms. The highest BCUT2D eigenvalue weighted by molar-refractivity contribution is 7.99. The van der Waals surface area contributed by atoms with Crippen LogP contribution < -0.4 is 5.32 Å². The van der Waals surface area contributed by atoms with E-state index in [0.717, 1.165) is 29.8 Å². The van der Waals surface area contributed by atoms with Crippen LogP contribution in [0.4, 0.5) is 0 Å². The Morgan fingerprint density at radius 2 is 2.06 bits per heavy atom. The van der Waals surface area contributed by atoms with Gasteiger partial charge in [0, 0.05) is 12.3 Å². The number of aryl methyl sites for hydroxylation is 1. The van der Waals surface area contributed by atoms with Crippen molar-refractivity contribution in [3.63, 3.8) is 0 Å². The Morgan fingerprint density at radius 1 is 1.31 bits per heavy atom. The third-order valence-corrected chi connectivity index (χ3v) is 2.99. The molecular weight excluding hydrogens is 220 g/mol. The van der Waals surface area contributed by atoms with Crippen molar-refractivity contribution in [2.24, 2.45) is 5.41 Å². The predicted octanol–water partition coefficient (Wildman–Crippen LogP) is 2.23. The summed E-state index contributed by atoms with van der Waals surface area (Å²) >= 11 is 1.68. The van der Waals surface area contributed by atoms with E-state index in [4.69, 9.17) is 0 Å². The monoisotopic (exact) mass is 242 g/mol. The summed E-state index contributed by atoms with van der Waals surface area (Å²) in [6.07, 6.45) is 1.21. The highest BCUT2D eigenvalue weighted by atomic mass is 32.2. The van der Waals surface area contributed by atoms with E-state index in [2.05, 4.69) is 41.3 Å². The minimum Gasteiger partial charge on any atom is -0.316 e. The van der Waals surface area contributed by atoms with E-state index >= 15 is 0 Å². The van der Waals surface area contributed by atoms with Crippen LogP contribution in [0.5, 0.6) is 0 Å². The molecule has 4 nitrogen and oxygen atoms in total. The normalized spacial score (nSPS) is 12.0. The summed E-state index contributed by atoms with van der Waals surface area (Å²) in [5, 5.41) is 11.2. The number of nitrogens with zero attached hydrogens (tertiary/aromatic N) is 2. The zero-order valence-corrected chi connectivity index (χ0v) is 11.4. The second kappa shape index (κ2) is 6.25. The molecule has 16 heavy (non-hydrogen) atoms. The predicted molar refractivity (Wildman–Crippen MR) is 68.8 cm³/mol. The van der Waals surface area contributed by atoms with E-state index in [1.807, 2.05) is 6.92 Å². The fraction of sp³-hybridized carbons (Fsp3) is 0.818. The molecule has 5 heteroatoms. The van der Waals surface area contributed by atoms with Gasteiger partial charge in [-0.3, -0.25) is 5.10 Å². The number of aromatic amines is 1.